The zero-order valence-electron chi connectivity index (χ0n) is 11.6. The molecular weight excluding hydrogens is 262 g/mol. The molecule has 0 radical (unpaired) electrons. The Hall–Kier alpha value is -1.61. The Morgan fingerprint density at radius 1 is 1.42 bits per heavy atom. The molecule has 0 aliphatic heterocycles. The Morgan fingerprint density at radius 3 is 2.47 bits per heavy atom. The highest BCUT2D eigenvalue weighted by atomic mass is 32.2. The number of ether oxygens (including phenoxy) is 1. The lowest BCUT2D eigenvalue weighted by Crippen LogP contribution is -2.14. The second kappa shape index (κ2) is 7.10. The van der Waals surface area contributed by atoms with Gasteiger partial charge >= 0.3 is 5.97 Å². The number of carbonyl (C=O) groups is 1. The van der Waals surface area contributed by atoms with E-state index >= 15 is 0 Å². The summed E-state index contributed by atoms with van der Waals surface area (Å²) in [5.74, 6) is -0.373. The SMILES string of the molecule is CSc1nc(C)c(CCC(=O)O[C@@H](C)C#N)c(C)n1. The Morgan fingerprint density at radius 2 is 2.00 bits per heavy atom. The Kier molecular flexibility index (Phi) is 5.77. The predicted molar refractivity (Wildman–Crippen MR) is 72.8 cm³/mol. The number of nitrogens with zero attached hydrogens (tertiary/aromatic N) is 3. The van der Waals surface area contributed by atoms with Crippen molar-refractivity contribution in [1.29, 1.82) is 5.26 Å². The first-order valence-electron chi connectivity index (χ1n) is 5.95. The summed E-state index contributed by atoms with van der Waals surface area (Å²) in [6, 6.07) is 1.86. The van der Waals surface area contributed by atoms with Gasteiger partial charge in [-0.2, -0.15) is 5.26 Å². The van der Waals surface area contributed by atoms with Crippen LogP contribution in [0.1, 0.15) is 30.3 Å². The van der Waals surface area contributed by atoms with E-state index in [1.54, 1.807) is 6.92 Å². The van der Waals surface area contributed by atoms with Crippen molar-refractivity contribution in [1.82, 2.24) is 9.97 Å². The second-order valence-electron chi connectivity index (χ2n) is 4.12. The van der Waals surface area contributed by atoms with Gasteiger partial charge in [0.25, 0.3) is 0 Å². The molecule has 0 fully saturated rings. The molecule has 1 rings (SSSR count). The fourth-order valence-corrected chi connectivity index (χ4v) is 2.13. The van der Waals surface area contributed by atoms with E-state index in [4.69, 9.17) is 10.00 Å². The molecule has 1 heterocycles. The smallest absolute Gasteiger partial charge is 0.307 e. The van der Waals surface area contributed by atoms with Crippen LogP contribution >= 0.6 is 11.8 Å². The van der Waals surface area contributed by atoms with Gasteiger partial charge in [0.1, 0.15) is 6.07 Å². The summed E-state index contributed by atoms with van der Waals surface area (Å²) in [5, 5.41) is 9.30. The van der Waals surface area contributed by atoms with Crippen molar-refractivity contribution < 1.29 is 9.53 Å². The molecule has 1 aromatic heterocycles. The minimum absolute atomic E-state index is 0.232. The highest BCUT2D eigenvalue weighted by molar-refractivity contribution is 7.98. The minimum Gasteiger partial charge on any atom is -0.447 e. The van der Waals surface area contributed by atoms with Gasteiger partial charge in [-0.3, -0.25) is 4.79 Å². The molecule has 0 N–H and O–H groups in total. The molecule has 5 nitrogen and oxygen atoms in total. The molecule has 0 aromatic carbocycles. The molecule has 0 aliphatic rings. The van der Waals surface area contributed by atoms with Crippen molar-refractivity contribution in [3.8, 4) is 6.07 Å². The maximum atomic E-state index is 11.5. The molecule has 1 aromatic rings. The maximum absolute atomic E-state index is 11.5. The average Bonchev–Trinajstić information content (AvgIpc) is 2.37. The number of hydrogen-bond acceptors (Lipinski definition) is 6. The Labute approximate surface area is 117 Å². The summed E-state index contributed by atoms with van der Waals surface area (Å²) in [4.78, 5) is 20.2. The van der Waals surface area contributed by atoms with Crippen LogP contribution in [0.25, 0.3) is 0 Å². The lowest BCUT2D eigenvalue weighted by atomic mass is 10.1. The largest absolute Gasteiger partial charge is 0.447 e. The van der Waals surface area contributed by atoms with E-state index in [1.165, 1.54) is 11.8 Å². The third-order valence-electron chi connectivity index (χ3n) is 2.65. The van der Waals surface area contributed by atoms with Crippen LogP contribution in [-0.2, 0) is 16.0 Å². The summed E-state index contributed by atoms with van der Waals surface area (Å²) >= 11 is 1.49. The summed E-state index contributed by atoms with van der Waals surface area (Å²) < 4.78 is 4.90. The van der Waals surface area contributed by atoms with Crippen LogP contribution in [0.4, 0.5) is 0 Å². The third kappa shape index (κ3) is 4.52. The van der Waals surface area contributed by atoms with E-state index in [2.05, 4.69) is 9.97 Å². The number of carbonyl (C=O) groups excluding carboxylic acids is 1. The molecule has 0 saturated carbocycles. The van der Waals surface area contributed by atoms with Gasteiger partial charge in [0.15, 0.2) is 11.3 Å². The van der Waals surface area contributed by atoms with Crippen molar-refractivity contribution in [2.45, 2.75) is 44.9 Å². The predicted octanol–water partition coefficient (Wildman–Crippen LogP) is 2.20. The summed E-state index contributed by atoms with van der Waals surface area (Å²) in [5.41, 5.74) is 2.75. The fourth-order valence-electron chi connectivity index (χ4n) is 1.67. The van der Waals surface area contributed by atoms with Crippen LogP contribution < -0.4 is 0 Å². The van der Waals surface area contributed by atoms with Gasteiger partial charge in [-0.15, -0.1) is 0 Å². The van der Waals surface area contributed by atoms with Gasteiger partial charge in [0.05, 0.1) is 0 Å². The highest BCUT2D eigenvalue weighted by Crippen LogP contribution is 2.17. The zero-order valence-corrected chi connectivity index (χ0v) is 12.4. The molecule has 6 heteroatoms. The molecule has 0 spiro atoms. The summed E-state index contributed by atoms with van der Waals surface area (Å²) in [7, 11) is 0. The standard InChI is InChI=1S/C13H17N3O2S/c1-8(7-14)18-12(17)6-5-11-9(2)15-13(19-4)16-10(11)3/h8H,5-6H2,1-4H3/t8-/m0/s1. The second-order valence-corrected chi connectivity index (χ2v) is 4.89. The molecule has 102 valence electrons. The summed E-state index contributed by atoms with van der Waals surface area (Å²) in [6.45, 7) is 5.37. The van der Waals surface area contributed by atoms with Crippen LogP contribution in [-0.4, -0.2) is 28.3 Å². The van der Waals surface area contributed by atoms with Crippen molar-refractivity contribution in [2.75, 3.05) is 6.26 Å². The number of esters is 1. The fraction of sp³-hybridized carbons (Fsp3) is 0.538. The third-order valence-corrected chi connectivity index (χ3v) is 3.20. The van der Waals surface area contributed by atoms with Gasteiger partial charge in [-0.25, -0.2) is 9.97 Å². The topological polar surface area (TPSA) is 75.9 Å². The van der Waals surface area contributed by atoms with Gasteiger partial charge in [0.2, 0.25) is 0 Å². The first-order valence-corrected chi connectivity index (χ1v) is 7.17. The number of thioether (sulfide) groups is 1. The van der Waals surface area contributed by atoms with Crippen molar-refractivity contribution in [2.24, 2.45) is 0 Å². The number of rotatable bonds is 5. The lowest BCUT2D eigenvalue weighted by Gasteiger charge is -2.10. The first kappa shape index (κ1) is 15.4. The van der Waals surface area contributed by atoms with Crippen LogP contribution in [0.5, 0.6) is 0 Å². The quantitative estimate of drug-likeness (QED) is 0.467. The normalized spacial score (nSPS) is 11.7. The van der Waals surface area contributed by atoms with Gasteiger partial charge in [0, 0.05) is 17.8 Å². The number of aryl methyl sites for hydroxylation is 2. The average molecular weight is 279 g/mol. The molecule has 0 amide bonds. The van der Waals surface area contributed by atoms with Gasteiger partial charge in [-0.1, -0.05) is 11.8 Å². The summed E-state index contributed by atoms with van der Waals surface area (Å²) in [6.07, 6.45) is 1.98. The molecule has 1 atom stereocenters. The Balaban J connectivity index is 2.68. The van der Waals surface area contributed by atoms with E-state index in [1.807, 2.05) is 26.2 Å². The van der Waals surface area contributed by atoms with Crippen molar-refractivity contribution >= 4 is 17.7 Å². The monoisotopic (exact) mass is 279 g/mol. The van der Waals surface area contributed by atoms with Crippen LogP contribution in [0.15, 0.2) is 5.16 Å². The number of hydrogen-bond donors (Lipinski definition) is 0. The number of nitriles is 1. The van der Waals surface area contributed by atoms with E-state index in [0.717, 1.165) is 22.1 Å². The van der Waals surface area contributed by atoms with E-state index in [9.17, 15) is 4.79 Å². The van der Waals surface area contributed by atoms with Crippen LogP contribution in [0.2, 0.25) is 0 Å². The zero-order chi connectivity index (χ0) is 14.4. The molecule has 0 saturated heterocycles. The van der Waals surface area contributed by atoms with E-state index in [-0.39, 0.29) is 12.4 Å². The van der Waals surface area contributed by atoms with Gasteiger partial charge < -0.3 is 4.74 Å². The van der Waals surface area contributed by atoms with E-state index < -0.39 is 6.10 Å². The van der Waals surface area contributed by atoms with Crippen molar-refractivity contribution in [3.05, 3.63) is 17.0 Å². The molecule has 0 bridgehead atoms. The first-order chi connectivity index (χ1) is 8.97. The van der Waals surface area contributed by atoms with Gasteiger partial charge in [-0.05, 0) is 39.0 Å². The molecule has 0 aliphatic carbocycles. The molecule has 0 unspecified atom stereocenters. The Bertz CT molecular complexity index is 488. The van der Waals surface area contributed by atoms with Crippen molar-refractivity contribution in [3.63, 3.8) is 0 Å². The highest BCUT2D eigenvalue weighted by Gasteiger charge is 2.12. The number of aromatic nitrogens is 2. The lowest BCUT2D eigenvalue weighted by molar-refractivity contribution is -0.145. The molecular formula is C13H17N3O2S. The van der Waals surface area contributed by atoms with E-state index in [0.29, 0.717) is 6.42 Å². The molecule has 19 heavy (non-hydrogen) atoms. The van der Waals surface area contributed by atoms with Crippen LogP contribution in [0.3, 0.4) is 0 Å². The maximum Gasteiger partial charge on any atom is 0.307 e. The van der Waals surface area contributed by atoms with Crippen LogP contribution in [0, 0.1) is 25.2 Å². The minimum atomic E-state index is -0.704.